The fraction of sp³-hybridized carbons (Fsp3) is 0.348. The SMILES string of the molecule is O=C([C@H]1CC(=O)N(c2n[nH]c3ccccc23)C1)N1CCC(c2ccccc2)CC1. The molecule has 29 heavy (non-hydrogen) atoms. The lowest BCUT2D eigenvalue weighted by Crippen LogP contribution is -2.42. The Bertz CT molecular complexity index is 1040. The number of para-hydroxylation sites is 1. The molecule has 6 nitrogen and oxygen atoms in total. The van der Waals surface area contributed by atoms with Crippen LogP contribution in [-0.4, -0.2) is 46.5 Å². The second-order valence-electron chi connectivity index (χ2n) is 8.01. The molecule has 0 spiro atoms. The maximum atomic E-state index is 13.1. The molecule has 2 saturated heterocycles. The molecule has 3 heterocycles. The highest BCUT2D eigenvalue weighted by molar-refractivity contribution is 6.05. The number of likely N-dealkylation sites (tertiary alicyclic amines) is 1. The van der Waals surface area contributed by atoms with Crippen molar-refractivity contribution in [1.82, 2.24) is 15.1 Å². The molecule has 3 aromatic rings. The van der Waals surface area contributed by atoms with Gasteiger partial charge in [-0.3, -0.25) is 19.6 Å². The van der Waals surface area contributed by atoms with Crippen LogP contribution in [0.25, 0.3) is 10.9 Å². The van der Waals surface area contributed by atoms with Gasteiger partial charge in [0.05, 0.1) is 11.4 Å². The summed E-state index contributed by atoms with van der Waals surface area (Å²) in [6, 6.07) is 18.3. The molecule has 148 valence electrons. The minimum Gasteiger partial charge on any atom is -0.342 e. The summed E-state index contributed by atoms with van der Waals surface area (Å²) in [4.78, 5) is 29.4. The number of rotatable bonds is 3. The molecule has 5 rings (SSSR count). The lowest BCUT2D eigenvalue weighted by atomic mass is 9.89. The summed E-state index contributed by atoms with van der Waals surface area (Å²) in [5, 5.41) is 8.22. The van der Waals surface area contributed by atoms with E-state index in [0.29, 0.717) is 18.3 Å². The third-order valence-corrected chi connectivity index (χ3v) is 6.26. The van der Waals surface area contributed by atoms with Crippen LogP contribution in [0, 0.1) is 5.92 Å². The molecule has 2 aromatic carbocycles. The first-order chi connectivity index (χ1) is 14.2. The maximum absolute atomic E-state index is 13.1. The predicted octanol–water partition coefficient (Wildman–Crippen LogP) is 3.32. The quantitative estimate of drug-likeness (QED) is 0.748. The first kappa shape index (κ1) is 17.9. The number of benzene rings is 2. The Morgan fingerprint density at radius 1 is 1.00 bits per heavy atom. The average Bonchev–Trinajstić information content (AvgIpc) is 3.37. The smallest absolute Gasteiger partial charge is 0.229 e. The van der Waals surface area contributed by atoms with Gasteiger partial charge in [-0.15, -0.1) is 0 Å². The third-order valence-electron chi connectivity index (χ3n) is 6.26. The Hall–Kier alpha value is -3.15. The number of piperidine rings is 1. The highest BCUT2D eigenvalue weighted by atomic mass is 16.2. The Morgan fingerprint density at radius 2 is 1.72 bits per heavy atom. The van der Waals surface area contributed by atoms with Crippen LogP contribution in [0.4, 0.5) is 5.82 Å². The van der Waals surface area contributed by atoms with E-state index in [-0.39, 0.29) is 24.2 Å². The van der Waals surface area contributed by atoms with E-state index in [4.69, 9.17) is 0 Å². The van der Waals surface area contributed by atoms with E-state index in [2.05, 4.69) is 34.5 Å². The Labute approximate surface area is 169 Å². The molecular formula is C23H24N4O2. The number of anilines is 1. The summed E-state index contributed by atoms with van der Waals surface area (Å²) in [5.74, 6) is 0.930. The number of hydrogen-bond donors (Lipinski definition) is 1. The number of nitrogens with one attached hydrogen (secondary N) is 1. The van der Waals surface area contributed by atoms with Crippen LogP contribution in [0.2, 0.25) is 0 Å². The van der Waals surface area contributed by atoms with Crippen LogP contribution in [0.5, 0.6) is 0 Å². The van der Waals surface area contributed by atoms with Crippen LogP contribution in [-0.2, 0) is 9.59 Å². The molecule has 2 amide bonds. The van der Waals surface area contributed by atoms with Gasteiger partial charge in [0, 0.05) is 31.4 Å². The fourth-order valence-corrected chi connectivity index (χ4v) is 4.65. The van der Waals surface area contributed by atoms with Gasteiger partial charge in [0.2, 0.25) is 11.8 Å². The van der Waals surface area contributed by atoms with Gasteiger partial charge in [-0.1, -0.05) is 42.5 Å². The Kier molecular flexibility index (Phi) is 4.54. The van der Waals surface area contributed by atoms with Crippen molar-refractivity contribution in [2.75, 3.05) is 24.5 Å². The number of carbonyl (C=O) groups excluding carboxylic acids is 2. The predicted molar refractivity (Wildman–Crippen MR) is 112 cm³/mol. The zero-order chi connectivity index (χ0) is 19.8. The number of aromatic nitrogens is 2. The lowest BCUT2D eigenvalue weighted by molar-refractivity contribution is -0.136. The molecule has 0 unspecified atom stereocenters. The average molecular weight is 388 g/mol. The molecule has 1 aromatic heterocycles. The third kappa shape index (κ3) is 3.28. The highest BCUT2D eigenvalue weighted by Gasteiger charge is 2.39. The van der Waals surface area contributed by atoms with Crippen LogP contribution in [0.1, 0.15) is 30.7 Å². The second kappa shape index (κ2) is 7.35. The van der Waals surface area contributed by atoms with Gasteiger partial charge in [-0.05, 0) is 36.5 Å². The normalized spacial score (nSPS) is 20.6. The first-order valence-electron chi connectivity index (χ1n) is 10.3. The van der Waals surface area contributed by atoms with Crippen molar-refractivity contribution >= 4 is 28.5 Å². The van der Waals surface area contributed by atoms with Gasteiger partial charge in [0.25, 0.3) is 0 Å². The molecule has 1 atom stereocenters. The van der Waals surface area contributed by atoms with Crippen molar-refractivity contribution in [1.29, 1.82) is 0 Å². The fourth-order valence-electron chi connectivity index (χ4n) is 4.65. The molecule has 1 N–H and O–H groups in total. The maximum Gasteiger partial charge on any atom is 0.229 e. The summed E-state index contributed by atoms with van der Waals surface area (Å²) in [5.41, 5.74) is 2.25. The number of H-pyrrole nitrogens is 1. The summed E-state index contributed by atoms with van der Waals surface area (Å²) < 4.78 is 0. The summed E-state index contributed by atoms with van der Waals surface area (Å²) >= 11 is 0. The van der Waals surface area contributed by atoms with E-state index in [1.54, 1.807) is 4.90 Å². The van der Waals surface area contributed by atoms with E-state index in [1.165, 1.54) is 5.56 Å². The molecule has 6 heteroatoms. The van der Waals surface area contributed by atoms with E-state index in [0.717, 1.165) is 36.8 Å². The van der Waals surface area contributed by atoms with E-state index < -0.39 is 0 Å². The minimum atomic E-state index is -0.286. The van der Waals surface area contributed by atoms with Crippen LogP contribution in [0.15, 0.2) is 54.6 Å². The Balaban J connectivity index is 1.25. The topological polar surface area (TPSA) is 69.3 Å². The molecular weight excluding hydrogens is 364 g/mol. The van der Waals surface area contributed by atoms with Gasteiger partial charge < -0.3 is 4.90 Å². The van der Waals surface area contributed by atoms with Gasteiger partial charge in [0.1, 0.15) is 0 Å². The molecule has 2 aliphatic heterocycles. The van der Waals surface area contributed by atoms with Crippen molar-refractivity contribution in [3.8, 4) is 0 Å². The van der Waals surface area contributed by atoms with Crippen molar-refractivity contribution < 1.29 is 9.59 Å². The molecule has 0 saturated carbocycles. The zero-order valence-corrected chi connectivity index (χ0v) is 16.3. The van der Waals surface area contributed by atoms with Crippen LogP contribution in [0.3, 0.4) is 0 Å². The van der Waals surface area contributed by atoms with Crippen molar-refractivity contribution in [2.24, 2.45) is 5.92 Å². The highest BCUT2D eigenvalue weighted by Crippen LogP contribution is 2.32. The molecule has 0 radical (unpaired) electrons. The number of hydrogen-bond acceptors (Lipinski definition) is 3. The molecule has 2 fully saturated rings. The molecule has 2 aliphatic rings. The van der Waals surface area contributed by atoms with E-state index in [9.17, 15) is 9.59 Å². The van der Waals surface area contributed by atoms with Crippen LogP contribution < -0.4 is 4.90 Å². The van der Waals surface area contributed by atoms with Crippen molar-refractivity contribution in [3.63, 3.8) is 0 Å². The number of amides is 2. The molecule has 0 aliphatic carbocycles. The summed E-state index contributed by atoms with van der Waals surface area (Å²) in [7, 11) is 0. The van der Waals surface area contributed by atoms with Crippen LogP contribution >= 0.6 is 0 Å². The van der Waals surface area contributed by atoms with Gasteiger partial charge in [-0.2, -0.15) is 5.10 Å². The number of fused-ring (bicyclic) bond motifs is 1. The standard InChI is InChI=1S/C23H24N4O2/c28-21-14-18(15-27(21)22-19-8-4-5-9-20(19)24-25-22)23(29)26-12-10-17(11-13-26)16-6-2-1-3-7-16/h1-9,17-18H,10-15H2,(H,24,25)/t18-/m0/s1. The number of aromatic amines is 1. The van der Waals surface area contributed by atoms with E-state index in [1.807, 2.05) is 35.2 Å². The Morgan fingerprint density at radius 3 is 2.52 bits per heavy atom. The van der Waals surface area contributed by atoms with Gasteiger partial charge in [0.15, 0.2) is 5.82 Å². The minimum absolute atomic E-state index is 0.0280. The van der Waals surface area contributed by atoms with Gasteiger partial charge in [-0.25, -0.2) is 0 Å². The lowest BCUT2D eigenvalue weighted by Gasteiger charge is -2.33. The van der Waals surface area contributed by atoms with E-state index >= 15 is 0 Å². The number of nitrogens with zero attached hydrogens (tertiary/aromatic N) is 3. The largest absolute Gasteiger partial charge is 0.342 e. The molecule has 0 bridgehead atoms. The number of carbonyl (C=O) groups is 2. The van der Waals surface area contributed by atoms with Crippen molar-refractivity contribution in [2.45, 2.75) is 25.2 Å². The summed E-state index contributed by atoms with van der Waals surface area (Å²) in [6.07, 6.45) is 2.22. The zero-order valence-electron chi connectivity index (χ0n) is 16.3. The van der Waals surface area contributed by atoms with Gasteiger partial charge >= 0.3 is 0 Å². The monoisotopic (exact) mass is 388 g/mol. The summed E-state index contributed by atoms with van der Waals surface area (Å²) in [6.45, 7) is 1.92. The first-order valence-corrected chi connectivity index (χ1v) is 10.3. The second-order valence-corrected chi connectivity index (χ2v) is 8.01. The van der Waals surface area contributed by atoms with Crippen molar-refractivity contribution in [3.05, 3.63) is 60.2 Å².